The first kappa shape index (κ1) is 14.0. The molecule has 1 aliphatic carbocycles. The molecular weight excluding hydrogens is 264 g/mol. The topological polar surface area (TPSA) is 17.0 Å². The normalized spacial score (nSPS) is 22.8. The summed E-state index contributed by atoms with van der Waals surface area (Å²) in [5.41, 5.74) is 4.20. The fraction of sp³-hybridized carbons (Fsp3) is 0.529. The molecule has 2 aromatic rings. The molecule has 1 aromatic carbocycles. The molecule has 1 saturated carbocycles. The number of thioether (sulfide) groups is 1. The van der Waals surface area contributed by atoms with Crippen LogP contribution in [0.15, 0.2) is 24.3 Å². The summed E-state index contributed by atoms with van der Waals surface area (Å²) in [6.45, 7) is 3.24. The van der Waals surface area contributed by atoms with Gasteiger partial charge in [-0.2, -0.15) is 11.8 Å². The number of aryl methyl sites for hydroxylation is 2. The van der Waals surface area contributed by atoms with Gasteiger partial charge in [0.25, 0.3) is 0 Å². The van der Waals surface area contributed by atoms with Crippen LogP contribution < -0.4 is 5.32 Å². The van der Waals surface area contributed by atoms with Crippen LogP contribution >= 0.6 is 11.8 Å². The van der Waals surface area contributed by atoms with Crippen molar-refractivity contribution in [2.75, 3.05) is 6.26 Å². The third kappa shape index (κ3) is 2.49. The van der Waals surface area contributed by atoms with E-state index in [0.29, 0.717) is 6.04 Å². The molecule has 2 nitrogen and oxygen atoms in total. The Kier molecular flexibility index (Phi) is 4.08. The van der Waals surface area contributed by atoms with E-state index in [1.165, 1.54) is 41.4 Å². The molecule has 3 heteroatoms. The first-order valence-corrected chi connectivity index (χ1v) is 8.78. The molecule has 0 saturated heterocycles. The minimum Gasteiger partial charge on any atom is -0.346 e. The quantitative estimate of drug-likeness (QED) is 0.920. The lowest BCUT2D eigenvalue weighted by Gasteiger charge is -2.14. The van der Waals surface area contributed by atoms with Gasteiger partial charge >= 0.3 is 0 Å². The molecule has 0 amide bonds. The van der Waals surface area contributed by atoms with Crippen molar-refractivity contribution < 1.29 is 0 Å². The second kappa shape index (κ2) is 5.82. The maximum Gasteiger partial charge on any atom is 0.0483 e. The van der Waals surface area contributed by atoms with E-state index in [0.717, 1.165) is 11.8 Å². The summed E-state index contributed by atoms with van der Waals surface area (Å²) >= 11 is 2.02. The summed E-state index contributed by atoms with van der Waals surface area (Å²) in [6, 6.07) is 9.40. The summed E-state index contributed by atoms with van der Waals surface area (Å²) in [5.74, 6) is 0. The van der Waals surface area contributed by atoms with Gasteiger partial charge in [-0.05, 0) is 44.1 Å². The van der Waals surface area contributed by atoms with Gasteiger partial charge < -0.3 is 9.88 Å². The second-order valence-corrected chi connectivity index (χ2v) is 7.03. The highest BCUT2D eigenvalue weighted by atomic mass is 32.2. The lowest BCUT2D eigenvalue weighted by Crippen LogP contribution is -2.27. The highest BCUT2D eigenvalue weighted by molar-refractivity contribution is 7.99. The molecule has 0 radical (unpaired) electrons. The Morgan fingerprint density at radius 1 is 1.30 bits per heavy atom. The van der Waals surface area contributed by atoms with Crippen molar-refractivity contribution in [1.82, 2.24) is 9.88 Å². The Bertz CT molecular complexity index is 563. The van der Waals surface area contributed by atoms with Crippen molar-refractivity contribution in [2.24, 2.45) is 7.05 Å². The number of hydrogen-bond acceptors (Lipinski definition) is 2. The summed E-state index contributed by atoms with van der Waals surface area (Å²) < 4.78 is 2.35. The maximum atomic E-state index is 3.77. The van der Waals surface area contributed by atoms with Crippen LogP contribution in [0.3, 0.4) is 0 Å². The van der Waals surface area contributed by atoms with E-state index in [9.17, 15) is 0 Å². The van der Waals surface area contributed by atoms with Crippen LogP contribution in [-0.4, -0.2) is 22.1 Å². The van der Waals surface area contributed by atoms with E-state index in [1.807, 2.05) is 11.8 Å². The van der Waals surface area contributed by atoms with E-state index in [-0.39, 0.29) is 0 Å². The molecule has 1 N–H and O–H groups in total. The molecule has 0 bridgehead atoms. The largest absolute Gasteiger partial charge is 0.346 e. The van der Waals surface area contributed by atoms with Gasteiger partial charge in [0.1, 0.15) is 0 Å². The van der Waals surface area contributed by atoms with E-state index >= 15 is 0 Å². The zero-order chi connectivity index (χ0) is 14.1. The summed E-state index contributed by atoms with van der Waals surface area (Å²) in [7, 11) is 2.19. The van der Waals surface area contributed by atoms with Gasteiger partial charge in [0.2, 0.25) is 0 Å². The molecule has 1 heterocycles. The summed E-state index contributed by atoms with van der Waals surface area (Å²) in [6.07, 6.45) is 6.26. The number of aromatic nitrogens is 1. The molecule has 3 rings (SSSR count). The van der Waals surface area contributed by atoms with Gasteiger partial charge in [-0.25, -0.2) is 0 Å². The van der Waals surface area contributed by atoms with E-state index in [4.69, 9.17) is 0 Å². The zero-order valence-electron chi connectivity index (χ0n) is 12.6. The van der Waals surface area contributed by atoms with Crippen molar-refractivity contribution in [3.05, 3.63) is 35.5 Å². The van der Waals surface area contributed by atoms with Gasteiger partial charge in [0.05, 0.1) is 0 Å². The van der Waals surface area contributed by atoms with Gasteiger partial charge in [0.15, 0.2) is 0 Å². The predicted octanol–water partition coefficient (Wildman–Crippen LogP) is 3.86. The Balaban J connectivity index is 1.75. The first-order chi connectivity index (χ1) is 9.70. The average molecular weight is 288 g/mol. The molecule has 0 spiro atoms. The maximum absolute atomic E-state index is 3.77. The van der Waals surface area contributed by atoms with E-state index < -0.39 is 0 Å². The highest BCUT2D eigenvalue weighted by Gasteiger charge is 2.23. The molecule has 20 heavy (non-hydrogen) atoms. The van der Waals surface area contributed by atoms with Gasteiger partial charge in [-0.15, -0.1) is 0 Å². The van der Waals surface area contributed by atoms with E-state index in [2.05, 4.69) is 54.4 Å². The molecule has 2 atom stereocenters. The molecule has 1 fully saturated rings. The molecule has 108 valence electrons. The monoisotopic (exact) mass is 288 g/mol. The van der Waals surface area contributed by atoms with Crippen LogP contribution in [-0.2, 0) is 13.6 Å². The van der Waals surface area contributed by atoms with Crippen LogP contribution in [0, 0.1) is 6.92 Å². The van der Waals surface area contributed by atoms with Crippen LogP contribution in [0.2, 0.25) is 0 Å². The molecular formula is C17H24N2S. The zero-order valence-corrected chi connectivity index (χ0v) is 13.5. The lowest BCUT2D eigenvalue weighted by molar-refractivity contribution is 0.514. The molecule has 1 aliphatic rings. The fourth-order valence-electron chi connectivity index (χ4n) is 3.47. The number of benzene rings is 1. The number of para-hydroxylation sites is 1. The second-order valence-electron chi connectivity index (χ2n) is 5.90. The summed E-state index contributed by atoms with van der Waals surface area (Å²) in [4.78, 5) is 0. The molecule has 2 unspecified atom stereocenters. The van der Waals surface area contributed by atoms with Crippen molar-refractivity contribution >= 4 is 22.7 Å². The number of hydrogen-bond donors (Lipinski definition) is 1. The first-order valence-electron chi connectivity index (χ1n) is 7.49. The summed E-state index contributed by atoms with van der Waals surface area (Å²) in [5, 5.41) is 6.02. The van der Waals surface area contributed by atoms with E-state index in [1.54, 1.807) is 0 Å². The van der Waals surface area contributed by atoms with Gasteiger partial charge in [-0.3, -0.25) is 0 Å². The molecule has 1 aromatic heterocycles. The number of nitrogens with zero attached hydrogens (tertiary/aromatic N) is 1. The highest BCUT2D eigenvalue weighted by Crippen LogP contribution is 2.29. The third-order valence-electron chi connectivity index (χ3n) is 4.78. The number of rotatable bonds is 4. The smallest absolute Gasteiger partial charge is 0.0483 e. The van der Waals surface area contributed by atoms with Gasteiger partial charge in [0, 0.05) is 41.5 Å². The minimum absolute atomic E-state index is 0.699. The minimum atomic E-state index is 0.699. The lowest BCUT2D eigenvalue weighted by atomic mass is 10.1. The number of fused-ring (bicyclic) bond motifs is 1. The predicted molar refractivity (Wildman–Crippen MR) is 89.4 cm³/mol. The van der Waals surface area contributed by atoms with Crippen LogP contribution in [0.25, 0.3) is 10.9 Å². The average Bonchev–Trinajstić information content (AvgIpc) is 3.03. The SMILES string of the molecule is CSC1CCC(NCc2c(C)c3ccccc3n2C)C1. The van der Waals surface area contributed by atoms with Crippen molar-refractivity contribution in [3.63, 3.8) is 0 Å². The van der Waals surface area contributed by atoms with Crippen LogP contribution in [0.5, 0.6) is 0 Å². The Labute approximate surface area is 125 Å². The fourth-order valence-corrected chi connectivity index (χ4v) is 4.26. The Morgan fingerprint density at radius 2 is 2.10 bits per heavy atom. The van der Waals surface area contributed by atoms with Crippen molar-refractivity contribution in [2.45, 2.75) is 44.0 Å². The Hall–Kier alpha value is -0.930. The van der Waals surface area contributed by atoms with Gasteiger partial charge in [-0.1, -0.05) is 18.2 Å². The third-order valence-corrected chi connectivity index (χ3v) is 5.88. The van der Waals surface area contributed by atoms with Crippen LogP contribution in [0.4, 0.5) is 0 Å². The molecule has 0 aliphatic heterocycles. The number of nitrogens with one attached hydrogen (secondary N) is 1. The van der Waals surface area contributed by atoms with Crippen molar-refractivity contribution in [3.8, 4) is 0 Å². The van der Waals surface area contributed by atoms with Crippen molar-refractivity contribution in [1.29, 1.82) is 0 Å². The standard InChI is InChI=1S/C17H24N2S/c1-12-15-6-4-5-7-16(15)19(2)17(12)11-18-13-8-9-14(10-13)20-3/h4-7,13-14,18H,8-11H2,1-3H3. The van der Waals surface area contributed by atoms with Crippen LogP contribution in [0.1, 0.15) is 30.5 Å². The Morgan fingerprint density at radius 3 is 2.80 bits per heavy atom.